The van der Waals surface area contributed by atoms with Gasteiger partial charge in [-0.2, -0.15) is 0 Å². The Bertz CT molecular complexity index is 982. The number of carbonyl (C=O) groups excluding carboxylic acids is 1. The minimum atomic E-state index is 0. The molecule has 0 aliphatic heterocycles. The number of hydrogen-bond donors (Lipinski definition) is 1. The number of anilines is 1. The molecule has 0 spiro atoms. The highest BCUT2D eigenvalue weighted by Gasteiger charge is 2.16. The summed E-state index contributed by atoms with van der Waals surface area (Å²) in [5.74, 6) is 0.569. The highest BCUT2D eigenvalue weighted by Crippen LogP contribution is 2.27. The molecule has 1 aliphatic carbocycles. The van der Waals surface area contributed by atoms with Crippen molar-refractivity contribution in [2.24, 2.45) is 5.92 Å². The van der Waals surface area contributed by atoms with Gasteiger partial charge in [-0.05, 0) is 49.3 Å². The average Bonchev–Trinajstić information content (AvgIpc) is 2.79. The second-order valence-corrected chi connectivity index (χ2v) is 7.76. The van der Waals surface area contributed by atoms with Crippen LogP contribution in [0.15, 0.2) is 96.6 Å². The smallest absolute Gasteiger partial charge is 0.195 e. The molecular weight excluding hydrogens is 354 g/mol. The molecule has 0 radical (unpaired) electrons. The van der Waals surface area contributed by atoms with E-state index in [4.69, 9.17) is 0 Å². The van der Waals surface area contributed by atoms with Crippen LogP contribution in [-0.4, -0.2) is 12.3 Å². The van der Waals surface area contributed by atoms with Gasteiger partial charge in [0.1, 0.15) is 0 Å². The largest absolute Gasteiger partial charge is 0.384 e. The summed E-state index contributed by atoms with van der Waals surface area (Å²) in [5.41, 5.74) is 5.30. The summed E-state index contributed by atoms with van der Waals surface area (Å²) in [4.78, 5) is 12.9. The Morgan fingerprint density at radius 1 is 0.897 bits per heavy atom. The first kappa shape index (κ1) is 19.2. The van der Waals surface area contributed by atoms with Crippen LogP contribution in [-0.2, 0) is 6.42 Å². The first-order valence-electron chi connectivity index (χ1n) is 10.5. The number of para-hydroxylation sites is 1. The van der Waals surface area contributed by atoms with Crippen LogP contribution in [0.4, 0.5) is 5.69 Å². The molecule has 0 heterocycles. The van der Waals surface area contributed by atoms with Gasteiger partial charge in [-0.1, -0.05) is 84.4 Å². The SMILES string of the molecule is O=C(c1ccccc1)c1ccccc1NC[C@H]1C=C(Cc2ccccc2)CCC1.[HH]. The van der Waals surface area contributed by atoms with Crippen molar-refractivity contribution in [2.75, 3.05) is 11.9 Å². The van der Waals surface area contributed by atoms with E-state index in [2.05, 4.69) is 41.7 Å². The Hall–Kier alpha value is -3.13. The van der Waals surface area contributed by atoms with Crippen molar-refractivity contribution in [3.63, 3.8) is 0 Å². The molecule has 2 heteroatoms. The second-order valence-electron chi connectivity index (χ2n) is 7.76. The van der Waals surface area contributed by atoms with Crippen molar-refractivity contribution < 1.29 is 6.22 Å². The Morgan fingerprint density at radius 2 is 1.59 bits per heavy atom. The van der Waals surface area contributed by atoms with Crippen LogP contribution < -0.4 is 5.32 Å². The van der Waals surface area contributed by atoms with Crippen molar-refractivity contribution in [2.45, 2.75) is 25.7 Å². The molecule has 29 heavy (non-hydrogen) atoms. The third-order valence-electron chi connectivity index (χ3n) is 5.58. The van der Waals surface area contributed by atoms with Crippen LogP contribution in [0.3, 0.4) is 0 Å². The van der Waals surface area contributed by atoms with Gasteiger partial charge in [-0.25, -0.2) is 0 Å². The van der Waals surface area contributed by atoms with Gasteiger partial charge in [-0.15, -0.1) is 0 Å². The van der Waals surface area contributed by atoms with E-state index in [9.17, 15) is 4.79 Å². The lowest BCUT2D eigenvalue weighted by atomic mass is 9.87. The van der Waals surface area contributed by atoms with E-state index in [1.54, 1.807) is 0 Å². The molecule has 148 valence electrons. The van der Waals surface area contributed by atoms with Crippen molar-refractivity contribution in [1.82, 2.24) is 0 Å². The summed E-state index contributed by atoms with van der Waals surface area (Å²) in [7, 11) is 0. The summed E-state index contributed by atoms with van der Waals surface area (Å²) in [5, 5.41) is 3.55. The molecule has 0 saturated carbocycles. The number of ketones is 1. The zero-order valence-electron chi connectivity index (χ0n) is 16.7. The lowest BCUT2D eigenvalue weighted by Crippen LogP contribution is -2.18. The van der Waals surface area contributed by atoms with E-state index < -0.39 is 0 Å². The fourth-order valence-electron chi connectivity index (χ4n) is 4.08. The van der Waals surface area contributed by atoms with Crippen LogP contribution in [0.5, 0.6) is 0 Å². The standard InChI is InChI=1S/C27H27NO.H2/c29-27(24-14-5-2-6-15-24)25-16-7-8-17-26(25)28-20-23-13-9-12-22(19-23)18-21-10-3-1-4-11-21;/h1-8,10-11,14-17,19,23,28H,9,12-13,18,20H2;1H/t23-;/m1./s1. The van der Waals surface area contributed by atoms with Gasteiger partial charge >= 0.3 is 0 Å². The quantitative estimate of drug-likeness (QED) is 0.370. The molecule has 3 aromatic carbocycles. The summed E-state index contributed by atoms with van der Waals surface area (Å²) in [6.07, 6.45) is 7.11. The van der Waals surface area contributed by atoms with Crippen molar-refractivity contribution in [3.05, 3.63) is 113 Å². The maximum Gasteiger partial charge on any atom is 0.195 e. The average molecular weight is 384 g/mol. The zero-order chi connectivity index (χ0) is 19.9. The van der Waals surface area contributed by atoms with Gasteiger partial charge in [0.15, 0.2) is 5.78 Å². The fourth-order valence-corrected chi connectivity index (χ4v) is 4.08. The molecule has 4 rings (SSSR count). The van der Waals surface area contributed by atoms with Gasteiger partial charge in [-0.3, -0.25) is 4.79 Å². The number of rotatable bonds is 7. The molecule has 1 N–H and O–H groups in total. The van der Waals surface area contributed by atoms with Gasteiger partial charge in [0, 0.05) is 24.8 Å². The fraction of sp³-hybridized carbons (Fsp3) is 0.222. The van der Waals surface area contributed by atoms with Crippen LogP contribution in [0, 0.1) is 5.92 Å². The van der Waals surface area contributed by atoms with Gasteiger partial charge < -0.3 is 5.32 Å². The molecule has 2 nitrogen and oxygen atoms in total. The first-order valence-corrected chi connectivity index (χ1v) is 10.5. The highest BCUT2D eigenvalue weighted by molar-refractivity contribution is 6.12. The van der Waals surface area contributed by atoms with E-state index in [0.717, 1.165) is 29.8 Å². The predicted octanol–water partition coefficient (Wildman–Crippen LogP) is 6.54. The van der Waals surface area contributed by atoms with E-state index in [0.29, 0.717) is 5.92 Å². The van der Waals surface area contributed by atoms with Crippen molar-refractivity contribution in [1.29, 1.82) is 0 Å². The summed E-state index contributed by atoms with van der Waals surface area (Å²) in [6, 6.07) is 28.0. The maximum absolute atomic E-state index is 12.9. The minimum Gasteiger partial charge on any atom is -0.384 e. The lowest BCUT2D eigenvalue weighted by Gasteiger charge is -2.23. The molecule has 0 fully saturated rings. The molecule has 0 bridgehead atoms. The number of nitrogens with one attached hydrogen (secondary N) is 1. The molecule has 0 saturated heterocycles. The van der Waals surface area contributed by atoms with E-state index in [1.165, 1.54) is 30.4 Å². The van der Waals surface area contributed by atoms with Crippen LogP contribution >= 0.6 is 0 Å². The summed E-state index contributed by atoms with van der Waals surface area (Å²) >= 11 is 0. The molecule has 3 aromatic rings. The summed E-state index contributed by atoms with van der Waals surface area (Å²) < 4.78 is 0. The summed E-state index contributed by atoms with van der Waals surface area (Å²) in [6.45, 7) is 0.859. The number of allylic oxidation sites excluding steroid dienone is 1. The molecule has 1 atom stereocenters. The number of hydrogen-bond acceptors (Lipinski definition) is 2. The Morgan fingerprint density at radius 3 is 2.38 bits per heavy atom. The first-order chi connectivity index (χ1) is 14.3. The Labute approximate surface area is 174 Å². The van der Waals surface area contributed by atoms with Crippen LogP contribution in [0.25, 0.3) is 0 Å². The Balaban J connectivity index is 0.00000256. The van der Waals surface area contributed by atoms with E-state index in [1.807, 2.05) is 54.6 Å². The minimum absolute atomic E-state index is 0. The topological polar surface area (TPSA) is 29.1 Å². The van der Waals surface area contributed by atoms with E-state index >= 15 is 0 Å². The molecular formula is C27H29NO. The monoisotopic (exact) mass is 383 g/mol. The third-order valence-corrected chi connectivity index (χ3v) is 5.58. The highest BCUT2D eigenvalue weighted by atomic mass is 16.1. The van der Waals surface area contributed by atoms with Crippen molar-refractivity contribution >= 4 is 11.5 Å². The third kappa shape index (κ3) is 5.03. The van der Waals surface area contributed by atoms with E-state index in [-0.39, 0.29) is 7.21 Å². The predicted molar refractivity (Wildman–Crippen MR) is 122 cm³/mol. The molecule has 0 amide bonds. The second kappa shape index (κ2) is 9.38. The van der Waals surface area contributed by atoms with Crippen LogP contribution in [0.2, 0.25) is 0 Å². The number of benzene rings is 3. The van der Waals surface area contributed by atoms with Gasteiger partial charge in [0.05, 0.1) is 0 Å². The molecule has 1 aliphatic rings. The molecule has 0 aromatic heterocycles. The molecule has 0 unspecified atom stereocenters. The van der Waals surface area contributed by atoms with Crippen LogP contribution in [0.1, 0.15) is 42.2 Å². The Kier molecular flexibility index (Phi) is 6.21. The van der Waals surface area contributed by atoms with Gasteiger partial charge in [0.25, 0.3) is 0 Å². The zero-order valence-corrected chi connectivity index (χ0v) is 16.7. The maximum atomic E-state index is 12.9. The lowest BCUT2D eigenvalue weighted by molar-refractivity contribution is 0.103. The normalized spacial score (nSPS) is 16.1. The van der Waals surface area contributed by atoms with Gasteiger partial charge in [0.2, 0.25) is 0 Å². The van der Waals surface area contributed by atoms with Crippen molar-refractivity contribution in [3.8, 4) is 0 Å². The number of carbonyl (C=O) groups is 1.